The Balaban J connectivity index is 0. The van der Waals surface area contributed by atoms with Gasteiger partial charge in [0.05, 0.1) is 0 Å². The summed E-state index contributed by atoms with van der Waals surface area (Å²) in [6, 6.07) is 0. The molecule has 9 heavy (non-hydrogen) atoms. The van der Waals surface area contributed by atoms with E-state index < -0.39 is 0 Å². The molecule has 0 aliphatic heterocycles. The Bertz CT molecular complexity index is 8.88. The van der Waals surface area contributed by atoms with Gasteiger partial charge in [0.15, 0.2) is 0 Å². The second-order valence-electron chi connectivity index (χ2n) is 0. The van der Waals surface area contributed by atoms with Gasteiger partial charge in [-0.3, -0.25) is 0 Å². The van der Waals surface area contributed by atoms with Gasteiger partial charge in [-0.1, -0.05) is 0 Å². The first-order chi connectivity index (χ1) is 0. The van der Waals surface area contributed by atoms with Crippen molar-refractivity contribution in [3.05, 3.63) is 0 Å². The average Bonchev–Trinajstić information content (AvgIpc) is 0. The number of rotatable bonds is 0. The predicted octanol–water partition coefficient (Wildman–Crippen LogP) is -9.15. The molecule has 0 saturated heterocycles. The van der Waals surface area contributed by atoms with E-state index in [4.69, 9.17) is 0 Å². The van der Waals surface area contributed by atoms with Crippen molar-refractivity contribution in [2.24, 2.45) is 0 Å². The summed E-state index contributed by atoms with van der Waals surface area (Å²) in [6.07, 6.45) is 0. The number of halogens is 1. The van der Waals surface area contributed by atoms with Gasteiger partial charge in [0.25, 0.3) is 0 Å². The zero-order chi connectivity index (χ0) is 0. The summed E-state index contributed by atoms with van der Waals surface area (Å²) in [5.41, 5.74) is 0. The van der Waals surface area contributed by atoms with Gasteiger partial charge in [0, 0.05) is 0 Å². The van der Waals surface area contributed by atoms with Crippen molar-refractivity contribution in [3.63, 3.8) is 0 Å². The van der Waals surface area contributed by atoms with Crippen molar-refractivity contribution in [2.45, 2.75) is 0 Å². The molecule has 7 nitrogen and oxygen atoms in total. The van der Waals surface area contributed by atoms with E-state index in [0.717, 1.165) is 0 Å². The van der Waals surface area contributed by atoms with Gasteiger partial charge in [-0.2, -0.15) is 0 Å². The SMILES string of the molecule is O.O.O.O.O.O.O.[Cl-].[Mg+2]. The zero-order valence-electron chi connectivity index (χ0n) is 4.59. The third kappa shape index (κ3) is 669. The molecule has 9 heteroatoms. The molecule has 0 aromatic heterocycles. The summed E-state index contributed by atoms with van der Waals surface area (Å²) in [4.78, 5) is 0. The van der Waals surface area contributed by atoms with Gasteiger partial charge in [0.2, 0.25) is 0 Å². The molecule has 0 amide bonds. The summed E-state index contributed by atoms with van der Waals surface area (Å²) in [5, 5.41) is 0. The topological polar surface area (TPSA) is 220 Å². The summed E-state index contributed by atoms with van der Waals surface area (Å²) >= 11 is 0. The maximum absolute atomic E-state index is 0. The van der Waals surface area contributed by atoms with Crippen LogP contribution in [0, 0.1) is 0 Å². The molecule has 0 aromatic carbocycles. The molecule has 0 rings (SSSR count). The summed E-state index contributed by atoms with van der Waals surface area (Å²) in [5.74, 6) is 0. The van der Waals surface area contributed by atoms with E-state index in [9.17, 15) is 0 Å². The molecule has 0 aliphatic carbocycles. The minimum Gasteiger partial charge on any atom is -1.00 e. The molecular formula is H14ClMgO7+. The third-order valence-corrected chi connectivity index (χ3v) is 0. The smallest absolute Gasteiger partial charge is 1.00 e. The molecule has 64 valence electrons. The molecule has 0 saturated carbocycles. The molecular weight excluding hydrogens is 172 g/mol. The van der Waals surface area contributed by atoms with Crippen LogP contribution in [0.3, 0.4) is 0 Å². The summed E-state index contributed by atoms with van der Waals surface area (Å²) in [7, 11) is 0. The van der Waals surface area contributed by atoms with E-state index in [2.05, 4.69) is 0 Å². The Morgan fingerprint density at radius 1 is 0.333 bits per heavy atom. The first-order valence-corrected chi connectivity index (χ1v) is 0. The second-order valence-corrected chi connectivity index (χ2v) is 0. The predicted molar refractivity (Wildman–Crippen MR) is 31.1 cm³/mol. The van der Waals surface area contributed by atoms with Crippen LogP contribution in [0.25, 0.3) is 0 Å². The van der Waals surface area contributed by atoms with Crippen LogP contribution in [-0.4, -0.2) is 61.4 Å². The van der Waals surface area contributed by atoms with Crippen LogP contribution in [0.4, 0.5) is 0 Å². The van der Waals surface area contributed by atoms with E-state index in [-0.39, 0.29) is 73.8 Å². The Morgan fingerprint density at radius 3 is 0.333 bits per heavy atom. The van der Waals surface area contributed by atoms with Crippen LogP contribution in [0.5, 0.6) is 0 Å². The molecule has 0 aliphatic rings. The van der Waals surface area contributed by atoms with Gasteiger partial charge in [-0.05, 0) is 0 Å². The molecule has 0 unspecified atom stereocenters. The Morgan fingerprint density at radius 2 is 0.333 bits per heavy atom. The van der Waals surface area contributed by atoms with Crippen LogP contribution in [0.2, 0.25) is 0 Å². The maximum atomic E-state index is 0. The molecule has 0 aromatic rings. The Labute approximate surface area is 74.2 Å². The second kappa shape index (κ2) is 881. The fourth-order valence-electron chi connectivity index (χ4n) is 0. The van der Waals surface area contributed by atoms with Crippen LogP contribution in [0.15, 0.2) is 0 Å². The van der Waals surface area contributed by atoms with E-state index in [0.29, 0.717) is 0 Å². The molecule has 14 N–H and O–H groups in total. The van der Waals surface area contributed by atoms with Gasteiger partial charge in [0.1, 0.15) is 0 Å². The maximum Gasteiger partial charge on any atom is 2.00 e. The van der Waals surface area contributed by atoms with Crippen LogP contribution >= 0.6 is 0 Å². The first kappa shape index (κ1) is 1250. The van der Waals surface area contributed by atoms with Crippen molar-refractivity contribution >= 4 is 23.1 Å². The Hall–Kier alpha value is 0.776. The molecule has 0 fully saturated rings. The number of hydrogen-bond acceptors (Lipinski definition) is 0. The van der Waals surface area contributed by atoms with Crippen molar-refractivity contribution < 1.29 is 50.7 Å². The fourth-order valence-corrected chi connectivity index (χ4v) is 0. The molecule has 0 bridgehead atoms. The van der Waals surface area contributed by atoms with Crippen LogP contribution in [0.1, 0.15) is 0 Å². The Kier molecular flexibility index (Phi) is 122000. The van der Waals surface area contributed by atoms with E-state index in [1.165, 1.54) is 0 Å². The van der Waals surface area contributed by atoms with Crippen molar-refractivity contribution in [1.82, 2.24) is 0 Å². The van der Waals surface area contributed by atoms with E-state index in [1.807, 2.05) is 0 Å². The van der Waals surface area contributed by atoms with E-state index in [1.54, 1.807) is 0 Å². The molecule has 0 heterocycles. The largest absolute Gasteiger partial charge is 2.00 e. The summed E-state index contributed by atoms with van der Waals surface area (Å²) < 4.78 is 0. The normalized spacial score (nSPS) is 0. The van der Waals surface area contributed by atoms with E-state index >= 15 is 0 Å². The molecule has 0 radical (unpaired) electrons. The number of hydrogen-bond donors (Lipinski definition) is 0. The minimum absolute atomic E-state index is 0. The van der Waals surface area contributed by atoms with Crippen molar-refractivity contribution in [2.75, 3.05) is 0 Å². The summed E-state index contributed by atoms with van der Waals surface area (Å²) in [6.45, 7) is 0. The quantitative estimate of drug-likeness (QED) is 0.321. The first-order valence-electron chi connectivity index (χ1n) is 0. The third-order valence-electron chi connectivity index (χ3n) is 0. The van der Waals surface area contributed by atoms with Gasteiger partial charge in [-0.25, -0.2) is 0 Å². The van der Waals surface area contributed by atoms with Crippen LogP contribution < -0.4 is 12.4 Å². The zero-order valence-corrected chi connectivity index (χ0v) is 6.76. The average molecular weight is 186 g/mol. The van der Waals surface area contributed by atoms with Crippen molar-refractivity contribution in [1.29, 1.82) is 0 Å². The van der Waals surface area contributed by atoms with Crippen molar-refractivity contribution in [3.8, 4) is 0 Å². The van der Waals surface area contributed by atoms with Gasteiger partial charge in [-0.15, -0.1) is 0 Å². The molecule has 0 spiro atoms. The monoisotopic (exact) mass is 185 g/mol. The molecule has 0 atom stereocenters. The standard InChI is InChI=1S/ClH.Mg.7H2O/h1H;;7*1H2/q;+2;;;;;;;/p-1. The van der Waals surface area contributed by atoms with Gasteiger partial charge >= 0.3 is 23.1 Å². The van der Waals surface area contributed by atoms with Gasteiger partial charge < -0.3 is 50.7 Å². The minimum atomic E-state index is 0. The fraction of sp³-hybridized carbons (Fsp3) is 0. The van der Waals surface area contributed by atoms with Crippen LogP contribution in [-0.2, 0) is 0 Å².